The molecule has 2 amide bonds. The van der Waals surface area contributed by atoms with Gasteiger partial charge in [0.15, 0.2) is 13.1 Å². The predicted octanol–water partition coefficient (Wildman–Crippen LogP) is 1.41. The molecule has 1 aliphatic rings. The SMILES string of the molecule is Cc1ccc(NC(=O)C[NH+](C)CC(=O)N2CCN(c3cccc(C)c3C)CC2)cc1. The smallest absolute Gasteiger partial charge is 0.279 e. The van der Waals surface area contributed by atoms with Crippen molar-refractivity contribution in [3.63, 3.8) is 0 Å². The molecule has 160 valence electrons. The second-order valence-electron chi connectivity index (χ2n) is 8.31. The highest BCUT2D eigenvalue weighted by Crippen LogP contribution is 2.23. The first-order valence-corrected chi connectivity index (χ1v) is 10.6. The number of carbonyl (C=O) groups excluding carboxylic acids is 2. The summed E-state index contributed by atoms with van der Waals surface area (Å²) in [6, 6.07) is 14.1. The Morgan fingerprint density at radius 3 is 2.27 bits per heavy atom. The zero-order chi connectivity index (χ0) is 21.7. The molecule has 0 aliphatic carbocycles. The minimum atomic E-state index is -0.0797. The van der Waals surface area contributed by atoms with E-state index in [1.165, 1.54) is 16.8 Å². The molecule has 1 unspecified atom stereocenters. The normalized spacial score (nSPS) is 15.1. The molecule has 1 heterocycles. The summed E-state index contributed by atoms with van der Waals surface area (Å²) < 4.78 is 0. The highest BCUT2D eigenvalue weighted by molar-refractivity contribution is 5.91. The first-order chi connectivity index (χ1) is 14.3. The second kappa shape index (κ2) is 9.76. The van der Waals surface area contributed by atoms with Crippen molar-refractivity contribution in [2.45, 2.75) is 20.8 Å². The molecule has 6 nitrogen and oxygen atoms in total. The Hall–Kier alpha value is -2.86. The van der Waals surface area contributed by atoms with Gasteiger partial charge in [-0.3, -0.25) is 9.59 Å². The number of rotatable bonds is 6. The average molecular weight is 410 g/mol. The number of likely N-dealkylation sites (N-methyl/N-ethyl adjacent to an activating group) is 1. The lowest BCUT2D eigenvalue weighted by molar-refractivity contribution is -0.862. The fraction of sp³-hybridized carbons (Fsp3) is 0.417. The van der Waals surface area contributed by atoms with Crippen LogP contribution in [-0.2, 0) is 9.59 Å². The lowest BCUT2D eigenvalue weighted by Gasteiger charge is -2.37. The van der Waals surface area contributed by atoms with Gasteiger partial charge in [-0.15, -0.1) is 0 Å². The number of hydrogen-bond donors (Lipinski definition) is 2. The maximum atomic E-state index is 12.7. The summed E-state index contributed by atoms with van der Waals surface area (Å²) >= 11 is 0. The summed E-state index contributed by atoms with van der Waals surface area (Å²) in [6.07, 6.45) is 0. The monoisotopic (exact) mass is 409 g/mol. The maximum Gasteiger partial charge on any atom is 0.279 e. The molecule has 30 heavy (non-hydrogen) atoms. The summed E-state index contributed by atoms with van der Waals surface area (Å²) in [5, 5.41) is 2.90. The summed E-state index contributed by atoms with van der Waals surface area (Å²) in [7, 11) is 1.89. The molecule has 2 N–H and O–H groups in total. The van der Waals surface area contributed by atoms with Crippen molar-refractivity contribution in [2.24, 2.45) is 0 Å². The molecule has 0 bridgehead atoms. The van der Waals surface area contributed by atoms with Gasteiger partial charge >= 0.3 is 0 Å². The van der Waals surface area contributed by atoms with Gasteiger partial charge in [0.1, 0.15) is 0 Å². The Morgan fingerprint density at radius 1 is 0.933 bits per heavy atom. The molecule has 1 aliphatic heterocycles. The third kappa shape index (κ3) is 5.60. The van der Waals surface area contributed by atoms with Gasteiger partial charge in [-0.1, -0.05) is 29.8 Å². The Morgan fingerprint density at radius 2 is 1.60 bits per heavy atom. The third-order valence-electron chi connectivity index (χ3n) is 5.80. The average Bonchev–Trinajstić information content (AvgIpc) is 2.71. The number of anilines is 2. The van der Waals surface area contributed by atoms with Crippen LogP contribution >= 0.6 is 0 Å². The van der Waals surface area contributed by atoms with Crippen LogP contribution in [0, 0.1) is 20.8 Å². The van der Waals surface area contributed by atoms with Crippen molar-refractivity contribution in [2.75, 3.05) is 56.5 Å². The van der Waals surface area contributed by atoms with Crippen molar-refractivity contribution in [3.05, 3.63) is 59.2 Å². The van der Waals surface area contributed by atoms with Crippen LogP contribution in [0.4, 0.5) is 11.4 Å². The van der Waals surface area contributed by atoms with E-state index in [9.17, 15) is 9.59 Å². The molecule has 1 saturated heterocycles. The van der Waals surface area contributed by atoms with Crippen LogP contribution < -0.4 is 15.1 Å². The molecule has 6 heteroatoms. The standard InChI is InChI=1S/C24H32N4O2/c1-18-8-10-21(11-9-18)25-23(29)16-26(4)17-24(30)28-14-12-27(13-15-28)22-7-5-6-19(2)20(22)3/h5-11H,12-17H2,1-4H3,(H,25,29)/p+1. The number of aryl methyl sites for hydroxylation is 2. The topological polar surface area (TPSA) is 57.1 Å². The molecule has 0 saturated carbocycles. The van der Waals surface area contributed by atoms with E-state index in [4.69, 9.17) is 0 Å². The van der Waals surface area contributed by atoms with Crippen molar-refractivity contribution in [1.82, 2.24) is 4.90 Å². The summed E-state index contributed by atoms with van der Waals surface area (Å²) in [5.41, 5.74) is 5.80. The zero-order valence-corrected chi connectivity index (χ0v) is 18.5. The van der Waals surface area contributed by atoms with E-state index in [1.807, 2.05) is 43.1 Å². The Balaban J connectivity index is 1.45. The molecule has 1 fully saturated rings. The van der Waals surface area contributed by atoms with E-state index in [0.29, 0.717) is 6.54 Å². The van der Waals surface area contributed by atoms with Crippen LogP contribution in [0.15, 0.2) is 42.5 Å². The fourth-order valence-electron chi connectivity index (χ4n) is 3.82. The molecular weight excluding hydrogens is 376 g/mol. The number of nitrogens with one attached hydrogen (secondary N) is 2. The molecule has 2 aromatic carbocycles. The van der Waals surface area contributed by atoms with Crippen LogP contribution in [0.5, 0.6) is 0 Å². The van der Waals surface area contributed by atoms with E-state index in [2.05, 4.69) is 42.3 Å². The first-order valence-electron chi connectivity index (χ1n) is 10.6. The fourth-order valence-corrected chi connectivity index (χ4v) is 3.82. The number of carbonyl (C=O) groups is 2. The van der Waals surface area contributed by atoms with Gasteiger partial charge in [0, 0.05) is 37.6 Å². The van der Waals surface area contributed by atoms with E-state index in [0.717, 1.165) is 42.3 Å². The Labute approximate surface area is 179 Å². The highest BCUT2D eigenvalue weighted by atomic mass is 16.2. The molecule has 0 radical (unpaired) electrons. The van der Waals surface area contributed by atoms with Gasteiger partial charge in [0.05, 0.1) is 7.05 Å². The van der Waals surface area contributed by atoms with Gasteiger partial charge in [-0.25, -0.2) is 0 Å². The molecule has 0 spiro atoms. The zero-order valence-electron chi connectivity index (χ0n) is 18.5. The second-order valence-corrected chi connectivity index (χ2v) is 8.31. The molecule has 1 atom stereocenters. The summed E-state index contributed by atoms with van der Waals surface area (Å²) in [6.45, 7) is 9.99. The maximum absolute atomic E-state index is 12.7. The Bertz CT molecular complexity index is 887. The van der Waals surface area contributed by atoms with Crippen molar-refractivity contribution < 1.29 is 14.5 Å². The van der Waals surface area contributed by atoms with Crippen LogP contribution in [0.25, 0.3) is 0 Å². The summed E-state index contributed by atoms with van der Waals surface area (Å²) in [5.74, 6) is 0.0279. The molecule has 2 aromatic rings. The molecular formula is C24H33N4O2+. The number of quaternary nitrogens is 1. The number of hydrogen-bond acceptors (Lipinski definition) is 3. The quantitative estimate of drug-likeness (QED) is 0.759. The molecule has 0 aromatic heterocycles. The van der Waals surface area contributed by atoms with Gasteiger partial charge < -0.3 is 20.0 Å². The molecule has 3 rings (SSSR count). The van der Waals surface area contributed by atoms with Crippen LogP contribution in [0.2, 0.25) is 0 Å². The number of benzene rings is 2. The van der Waals surface area contributed by atoms with Crippen molar-refractivity contribution in [1.29, 1.82) is 0 Å². The van der Waals surface area contributed by atoms with Crippen LogP contribution in [-0.4, -0.2) is 63.0 Å². The number of piperazine rings is 1. The van der Waals surface area contributed by atoms with Crippen LogP contribution in [0.3, 0.4) is 0 Å². The lowest BCUT2D eigenvalue weighted by Crippen LogP contribution is -3.11. The van der Waals surface area contributed by atoms with Gasteiger partial charge in [-0.05, 0) is 50.1 Å². The predicted molar refractivity (Wildman–Crippen MR) is 121 cm³/mol. The largest absolute Gasteiger partial charge is 0.368 e. The van der Waals surface area contributed by atoms with Crippen molar-refractivity contribution >= 4 is 23.2 Å². The van der Waals surface area contributed by atoms with Gasteiger partial charge in [-0.2, -0.15) is 0 Å². The van der Waals surface area contributed by atoms with E-state index < -0.39 is 0 Å². The number of amides is 2. The van der Waals surface area contributed by atoms with E-state index in [1.54, 1.807) is 0 Å². The minimum absolute atomic E-state index is 0.0797. The minimum Gasteiger partial charge on any atom is -0.368 e. The van der Waals surface area contributed by atoms with E-state index >= 15 is 0 Å². The third-order valence-corrected chi connectivity index (χ3v) is 5.80. The Kier molecular flexibility index (Phi) is 7.11. The first kappa shape index (κ1) is 21.8. The lowest BCUT2D eigenvalue weighted by atomic mass is 10.1. The number of nitrogens with zero attached hydrogens (tertiary/aromatic N) is 2. The highest BCUT2D eigenvalue weighted by Gasteiger charge is 2.25. The van der Waals surface area contributed by atoms with Crippen LogP contribution in [0.1, 0.15) is 16.7 Å². The summed E-state index contributed by atoms with van der Waals surface area (Å²) in [4.78, 5) is 30.1. The van der Waals surface area contributed by atoms with E-state index in [-0.39, 0.29) is 18.4 Å². The van der Waals surface area contributed by atoms with Gasteiger partial charge in [0.2, 0.25) is 0 Å². The van der Waals surface area contributed by atoms with Crippen molar-refractivity contribution in [3.8, 4) is 0 Å². The van der Waals surface area contributed by atoms with Gasteiger partial charge in [0.25, 0.3) is 11.8 Å².